The Morgan fingerprint density at radius 2 is 2.38 bits per heavy atom. The van der Waals surface area contributed by atoms with Crippen molar-refractivity contribution in [2.45, 2.75) is 18.6 Å². The maximum Gasteiger partial charge on any atom is 0.0245 e. The molecule has 2 bridgehead atoms. The predicted octanol–water partition coefficient (Wildman–Crippen LogP) is 1.18. The summed E-state index contributed by atoms with van der Waals surface area (Å²) in [5.74, 6) is 1.69. The van der Waals surface area contributed by atoms with Gasteiger partial charge in [0.25, 0.3) is 0 Å². The quantitative estimate of drug-likeness (QED) is 0.488. The van der Waals surface area contributed by atoms with Crippen LogP contribution in [0.1, 0.15) is 12.8 Å². The minimum absolute atomic E-state index is 0.348. The molecule has 2 heterocycles. The van der Waals surface area contributed by atoms with Crippen molar-refractivity contribution in [1.29, 1.82) is 0 Å². The summed E-state index contributed by atoms with van der Waals surface area (Å²) in [7, 11) is 0.348. The largest absolute Gasteiger partial charge is 0.324 e. The maximum atomic E-state index is 5.85. The van der Waals surface area contributed by atoms with Crippen LogP contribution in [0.4, 0.5) is 0 Å². The van der Waals surface area contributed by atoms with E-state index in [0.29, 0.717) is 13.7 Å². The van der Waals surface area contributed by atoms with Gasteiger partial charge in [0.15, 0.2) is 0 Å². The van der Waals surface area contributed by atoms with E-state index in [0.717, 1.165) is 5.92 Å². The monoisotopic (exact) mass is 129 g/mol. The average molecular weight is 129 g/mol. The van der Waals surface area contributed by atoms with Gasteiger partial charge in [0.05, 0.1) is 0 Å². The molecule has 0 radical (unpaired) electrons. The summed E-state index contributed by atoms with van der Waals surface area (Å²) >= 11 is 0. The highest BCUT2D eigenvalue weighted by Crippen LogP contribution is 2.57. The summed E-state index contributed by atoms with van der Waals surface area (Å²) in [4.78, 5) is 0. The van der Waals surface area contributed by atoms with E-state index in [9.17, 15) is 0 Å². The van der Waals surface area contributed by atoms with Crippen LogP contribution in [-0.2, 0) is 0 Å². The van der Waals surface area contributed by atoms with E-state index in [2.05, 4.69) is 0 Å². The second-order valence-electron chi connectivity index (χ2n) is 2.95. The van der Waals surface area contributed by atoms with Crippen molar-refractivity contribution in [1.82, 2.24) is 0 Å². The van der Waals surface area contributed by atoms with Gasteiger partial charge < -0.3 is 5.73 Å². The van der Waals surface area contributed by atoms with Gasteiger partial charge in [-0.15, -0.1) is 0 Å². The van der Waals surface area contributed by atoms with E-state index >= 15 is 0 Å². The summed E-state index contributed by atoms with van der Waals surface area (Å²) in [6, 6.07) is 0. The van der Waals surface area contributed by atoms with Gasteiger partial charge in [-0.3, -0.25) is 0 Å². The van der Waals surface area contributed by atoms with Gasteiger partial charge in [0, 0.05) is 5.78 Å². The highest BCUT2D eigenvalue weighted by Gasteiger charge is 2.36. The highest BCUT2D eigenvalue weighted by atomic mass is 31.1. The number of fused-ring (bicyclic) bond motifs is 2. The van der Waals surface area contributed by atoms with Crippen molar-refractivity contribution in [3.8, 4) is 0 Å². The van der Waals surface area contributed by atoms with E-state index in [4.69, 9.17) is 5.73 Å². The van der Waals surface area contributed by atoms with E-state index in [-0.39, 0.29) is 0 Å². The van der Waals surface area contributed by atoms with E-state index in [1.807, 2.05) is 0 Å². The lowest BCUT2D eigenvalue weighted by atomic mass is 10.1. The lowest BCUT2D eigenvalue weighted by Gasteiger charge is -2.15. The Kier molecular flexibility index (Phi) is 1.09. The van der Waals surface area contributed by atoms with Crippen molar-refractivity contribution in [3.05, 3.63) is 0 Å². The molecule has 8 heavy (non-hydrogen) atoms. The van der Waals surface area contributed by atoms with Gasteiger partial charge in [0.1, 0.15) is 0 Å². The number of rotatable bonds is 0. The molecule has 3 atom stereocenters. The molecular weight excluding hydrogens is 117 g/mol. The van der Waals surface area contributed by atoms with Gasteiger partial charge in [-0.25, -0.2) is 0 Å². The van der Waals surface area contributed by atoms with Crippen molar-refractivity contribution in [3.63, 3.8) is 0 Å². The van der Waals surface area contributed by atoms with Gasteiger partial charge in [0.2, 0.25) is 0 Å². The van der Waals surface area contributed by atoms with Gasteiger partial charge >= 0.3 is 0 Å². The van der Waals surface area contributed by atoms with Gasteiger partial charge in [-0.2, -0.15) is 0 Å². The highest BCUT2D eigenvalue weighted by molar-refractivity contribution is 7.59. The topological polar surface area (TPSA) is 26.0 Å². The molecule has 3 unspecified atom stereocenters. The van der Waals surface area contributed by atoms with Crippen LogP contribution in [0.25, 0.3) is 0 Å². The Morgan fingerprint density at radius 3 is 2.62 bits per heavy atom. The fourth-order valence-corrected chi connectivity index (χ4v) is 4.92. The molecule has 2 saturated heterocycles. The molecule has 0 amide bonds. The SMILES string of the molecule is NC1CC2CCP1C2. The fourth-order valence-electron chi connectivity index (χ4n) is 1.85. The van der Waals surface area contributed by atoms with Crippen LogP contribution >= 0.6 is 7.92 Å². The van der Waals surface area contributed by atoms with Crippen LogP contribution < -0.4 is 5.73 Å². The Labute approximate surface area is 51.4 Å². The molecule has 0 spiro atoms. The van der Waals surface area contributed by atoms with Crippen molar-refractivity contribution >= 4 is 7.92 Å². The molecule has 2 aliphatic rings. The first-order valence-electron chi connectivity index (χ1n) is 3.36. The first-order chi connectivity index (χ1) is 3.86. The molecule has 46 valence electrons. The molecular formula is C6H12NP. The average Bonchev–Trinajstić information content (AvgIpc) is 2.23. The first-order valence-corrected chi connectivity index (χ1v) is 5.14. The Bertz CT molecular complexity index is 103. The Balaban J connectivity index is 2.11. The normalized spacial score (nSPS) is 52.9. The Morgan fingerprint density at radius 1 is 1.50 bits per heavy atom. The van der Waals surface area contributed by atoms with E-state index in [1.54, 1.807) is 0 Å². The molecule has 2 fully saturated rings. The molecule has 0 aliphatic carbocycles. The van der Waals surface area contributed by atoms with Crippen molar-refractivity contribution in [2.24, 2.45) is 11.7 Å². The molecule has 1 nitrogen and oxygen atoms in total. The van der Waals surface area contributed by atoms with Crippen LogP contribution in [0.3, 0.4) is 0 Å². The van der Waals surface area contributed by atoms with Crippen molar-refractivity contribution < 1.29 is 0 Å². The summed E-state index contributed by atoms with van der Waals surface area (Å²) in [6.07, 6.45) is 5.85. The molecule has 2 rings (SSSR count). The molecule has 2 aliphatic heterocycles. The van der Waals surface area contributed by atoms with Crippen LogP contribution in [0, 0.1) is 5.92 Å². The predicted molar refractivity (Wildman–Crippen MR) is 37.4 cm³/mol. The van der Waals surface area contributed by atoms with Gasteiger partial charge in [-0.05, 0) is 31.1 Å². The molecule has 0 aromatic rings. The van der Waals surface area contributed by atoms with Crippen molar-refractivity contribution in [2.75, 3.05) is 12.3 Å². The van der Waals surface area contributed by atoms with Gasteiger partial charge in [-0.1, -0.05) is 7.92 Å². The summed E-state index contributed by atoms with van der Waals surface area (Å²) < 4.78 is 0. The lowest BCUT2D eigenvalue weighted by Crippen LogP contribution is -2.18. The zero-order valence-corrected chi connectivity index (χ0v) is 5.90. The zero-order chi connectivity index (χ0) is 5.56. The van der Waals surface area contributed by atoms with E-state index in [1.165, 1.54) is 25.2 Å². The zero-order valence-electron chi connectivity index (χ0n) is 5.01. The summed E-state index contributed by atoms with van der Waals surface area (Å²) in [5, 5.41) is 0. The number of hydrogen-bond acceptors (Lipinski definition) is 1. The van der Waals surface area contributed by atoms with Crippen LogP contribution in [0.2, 0.25) is 0 Å². The van der Waals surface area contributed by atoms with Crippen LogP contribution in [0.15, 0.2) is 0 Å². The lowest BCUT2D eigenvalue weighted by molar-refractivity contribution is 0.546. The third-order valence-electron chi connectivity index (χ3n) is 2.36. The molecule has 0 saturated carbocycles. The molecule has 0 aromatic heterocycles. The second-order valence-corrected chi connectivity index (χ2v) is 5.61. The van der Waals surface area contributed by atoms with Crippen LogP contribution in [0.5, 0.6) is 0 Å². The third-order valence-corrected chi connectivity index (χ3v) is 5.33. The van der Waals surface area contributed by atoms with E-state index < -0.39 is 0 Å². The first kappa shape index (κ1) is 5.20. The minimum Gasteiger partial charge on any atom is -0.324 e. The molecule has 2 heteroatoms. The molecule has 0 aromatic carbocycles. The number of nitrogens with two attached hydrogens (primary N) is 1. The maximum absolute atomic E-state index is 5.85. The summed E-state index contributed by atoms with van der Waals surface area (Å²) in [6.45, 7) is 0. The minimum atomic E-state index is 0.348. The fraction of sp³-hybridized carbons (Fsp3) is 1.00. The Hall–Kier alpha value is 0.390. The number of hydrogen-bond donors (Lipinski definition) is 1. The standard InChI is InChI=1S/C6H12NP/c7-6-3-5-1-2-8(6)4-5/h5-6H,1-4,7H2. The smallest absolute Gasteiger partial charge is 0.0245 e. The summed E-state index contributed by atoms with van der Waals surface area (Å²) in [5.41, 5.74) is 5.85. The third kappa shape index (κ3) is 0.614. The molecule has 2 N–H and O–H groups in total. The van der Waals surface area contributed by atoms with Crippen LogP contribution in [-0.4, -0.2) is 18.1 Å². The second kappa shape index (κ2) is 1.68.